The molecule has 3 atom stereocenters. The van der Waals surface area contributed by atoms with Gasteiger partial charge in [-0.15, -0.1) is 0 Å². The Hall–Kier alpha value is -3.12. The molecule has 0 bridgehead atoms. The zero-order valence-electron chi connectivity index (χ0n) is 25.0. The molecule has 1 saturated heterocycles. The molecule has 9 nitrogen and oxygen atoms in total. The van der Waals surface area contributed by atoms with Gasteiger partial charge in [0, 0.05) is 32.0 Å². The van der Waals surface area contributed by atoms with Crippen LogP contribution in [0.2, 0.25) is 0 Å². The highest BCUT2D eigenvalue weighted by atomic mass is 19.1. The van der Waals surface area contributed by atoms with Gasteiger partial charge in [0.2, 0.25) is 5.91 Å². The largest absolute Gasteiger partial charge is 0.465 e. The second kappa shape index (κ2) is 17.2. The molecule has 0 spiro atoms. The summed E-state index contributed by atoms with van der Waals surface area (Å²) in [6.45, 7) is 5.67. The fourth-order valence-corrected chi connectivity index (χ4v) is 5.27. The molecule has 238 valence electrons. The Kier molecular flexibility index (Phi) is 13.8. The number of unbranched alkanes of at least 4 members (excludes halogenated alkanes) is 1. The number of carbonyl (C=O) groups excluding carboxylic acids is 1. The minimum atomic E-state index is -1.38. The van der Waals surface area contributed by atoms with Gasteiger partial charge in [-0.3, -0.25) is 4.79 Å². The van der Waals surface area contributed by atoms with Crippen molar-refractivity contribution in [1.82, 2.24) is 16.0 Å². The summed E-state index contributed by atoms with van der Waals surface area (Å²) in [5.74, 6) is -3.12. The molecular weight excluding hydrogens is 560 g/mol. The highest BCUT2D eigenvalue weighted by Crippen LogP contribution is 2.30. The van der Waals surface area contributed by atoms with E-state index < -0.39 is 47.6 Å². The molecule has 0 aliphatic carbocycles. The van der Waals surface area contributed by atoms with Crippen molar-refractivity contribution >= 4 is 12.0 Å². The number of amides is 2. The van der Waals surface area contributed by atoms with Crippen LogP contribution in [0.25, 0.3) is 0 Å². The number of hydrogen-bond acceptors (Lipinski definition) is 6. The van der Waals surface area contributed by atoms with Crippen molar-refractivity contribution in [2.75, 3.05) is 19.8 Å². The molecule has 0 radical (unpaired) electrons. The lowest BCUT2D eigenvalue weighted by Crippen LogP contribution is -2.55. The molecule has 2 aromatic carbocycles. The molecule has 0 unspecified atom stereocenters. The Bertz CT molecular complexity index is 1160. The second-order valence-electron chi connectivity index (χ2n) is 11.1. The standard InChI is InChI=1S/C32H45F2N3O6/c1-3-5-11-32(42-13-7-14-43-32)12-10-27(37-31(40)41)30(39)36-28(18-24-16-25(33)19-26(34)17-24)29(38)21-35-20-23-9-6-8-22(4-2)15-23/h6,8-9,15-17,19,27-29,35,37-38H,3-5,7,10-14,18,20-21H2,1-2H3,(H,36,39)(H,40,41)/t27-,28+,29-/m1/s1. The Morgan fingerprint density at radius 3 is 2.33 bits per heavy atom. The lowest BCUT2D eigenvalue weighted by atomic mass is 9.97. The summed E-state index contributed by atoms with van der Waals surface area (Å²) in [6, 6.07) is 8.89. The smallest absolute Gasteiger partial charge is 0.405 e. The predicted octanol–water partition coefficient (Wildman–Crippen LogP) is 4.45. The van der Waals surface area contributed by atoms with Gasteiger partial charge in [-0.25, -0.2) is 13.6 Å². The molecule has 2 amide bonds. The average Bonchev–Trinajstić information content (AvgIpc) is 2.97. The van der Waals surface area contributed by atoms with Crippen molar-refractivity contribution in [3.63, 3.8) is 0 Å². The maximum atomic E-state index is 14.0. The predicted molar refractivity (Wildman–Crippen MR) is 158 cm³/mol. The number of hydrogen-bond donors (Lipinski definition) is 5. The topological polar surface area (TPSA) is 129 Å². The van der Waals surface area contributed by atoms with E-state index in [-0.39, 0.29) is 31.4 Å². The van der Waals surface area contributed by atoms with E-state index in [0.29, 0.717) is 26.2 Å². The highest BCUT2D eigenvalue weighted by molar-refractivity contribution is 5.85. The first kappa shape index (κ1) is 34.4. The molecule has 1 fully saturated rings. The SMILES string of the molecule is CCCCC1(CC[C@@H](NC(=O)O)C(=O)N[C@@H](Cc2cc(F)cc(F)c2)[C@H](O)CNCc2cccc(CC)c2)OCCCO1. The van der Waals surface area contributed by atoms with Crippen LogP contribution in [0.4, 0.5) is 13.6 Å². The zero-order chi connectivity index (χ0) is 31.2. The lowest BCUT2D eigenvalue weighted by Gasteiger charge is -2.38. The molecule has 1 aliphatic rings. The van der Waals surface area contributed by atoms with Crippen LogP contribution in [0.1, 0.15) is 69.1 Å². The summed E-state index contributed by atoms with van der Waals surface area (Å²) in [7, 11) is 0. The Labute approximate surface area is 252 Å². The van der Waals surface area contributed by atoms with Crippen LogP contribution in [0.5, 0.6) is 0 Å². The molecule has 3 rings (SSSR count). The van der Waals surface area contributed by atoms with Crippen molar-refractivity contribution in [2.45, 2.75) is 95.7 Å². The molecule has 1 heterocycles. The lowest BCUT2D eigenvalue weighted by molar-refractivity contribution is -0.274. The van der Waals surface area contributed by atoms with Crippen LogP contribution < -0.4 is 16.0 Å². The number of rotatable bonds is 17. The van der Waals surface area contributed by atoms with E-state index in [4.69, 9.17) is 9.47 Å². The van der Waals surface area contributed by atoms with E-state index in [1.165, 1.54) is 5.56 Å². The maximum absolute atomic E-state index is 14.0. The van der Waals surface area contributed by atoms with Crippen LogP contribution in [-0.2, 0) is 33.7 Å². The first-order chi connectivity index (χ1) is 20.6. The van der Waals surface area contributed by atoms with Gasteiger partial charge >= 0.3 is 6.09 Å². The quantitative estimate of drug-likeness (QED) is 0.180. The number of benzene rings is 2. The van der Waals surface area contributed by atoms with Crippen LogP contribution in [-0.4, -0.2) is 65.9 Å². The van der Waals surface area contributed by atoms with Crippen molar-refractivity contribution in [1.29, 1.82) is 0 Å². The molecule has 2 aromatic rings. The summed E-state index contributed by atoms with van der Waals surface area (Å²) < 4.78 is 39.9. The second-order valence-corrected chi connectivity index (χ2v) is 11.1. The number of nitrogens with one attached hydrogen (secondary N) is 3. The zero-order valence-corrected chi connectivity index (χ0v) is 25.0. The third-order valence-electron chi connectivity index (χ3n) is 7.61. The number of aryl methyl sites for hydroxylation is 1. The maximum Gasteiger partial charge on any atom is 0.405 e. The molecule has 0 aromatic heterocycles. The van der Waals surface area contributed by atoms with Crippen LogP contribution >= 0.6 is 0 Å². The Balaban J connectivity index is 1.73. The van der Waals surface area contributed by atoms with E-state index in [1.807, 2.05) is 25.1 Å². The first-order valence-corrected chi connectivity index (χ1v) is 15.1. The number of halogens is 2. The van der Waals surface area contributed by atoms with Gasteiger partial charge in [-0.05, 0) is 60.9 Å². The molecule has 11 heteroatoms. The van der Waals surface area contributed by atoms with Crippen molar-refractivity contribution < 1.29 is 38.1 Å². The van der Waals surface area contributed by atoms with Crippen molar-refractivity contribution in [3.05, 3.63) is 70.8 Å². The van der Waals surface area contributed by atoms with E-state index in [2.05, 4.69) is 28.9 Å². The monoisotopic (exact) mass is 605 g/mol. The Morgan fingerprint density at radius 2 is 1.67 bits per heavy atom. The molecule has 5 N–H and O–H groups in total. The number of aliphatic hydroxyl groups excluding tert-OH is 1. The Morgan fingerprint density at radius 1 is 0.977 bits per heavy atom. The fourth-order valence-electron chi connectivity index (χ4n) is 5.27. The number of carboxylic acid groups (broad SMARTS) is 1. The van der Waals surface area contributed by atoms with E-state index >= 15 is 0 Å². The summed E-state index contributed by atoms with van der Waals surface area (Å²) in [5, 5.41) is 28.8. The van der Waals surface area contributed by atoms with Gasteiger partial charge in [0.1, 0.15) is 17.7 Å². The fraction of sp³-hybridized carbons (Fsp3) is 0.562. The van der Waals surface area contributed by atoms with Gasteiger partial charge in [0.25, 0.3) is 0 Å². The highest BCUT2D eigenvalue weighted by Gasteiger charge is 2.36. The summed E-state index contributed by atoms with van der Waals surface area (Å²) in [4.78, 5) is 25.1. The minimum Gasteiger partial charge on any atom is -0.465 e. The van der Waals surface area contributed by atoms with E-state index in [9.17, 15) is 28.6 Å². The van der Waals surface area contributed by atoms with E-state index in [0.717, 1.165) is 49.4 Å². The van der Waals surface area contributed by atoms with E-state index in [1.54, 1.807) is 0 Å². The van der Waals surface area contributed by atoms with Gasteiger partial charge in [0.05, 0.1) is 25.4 Å². The number of carbonyl (C=O) groups is 2. The third-order valence-corrected chi connectivity index (χ3v) is 7.61. The summed E-state index contributed by atoms with van der Waals surface area (Å²) in [6.07, 6.45) is 1.77. The van der Waals surface area contributed by atoms with Crippen molar-refractivity contribution in [2.24, 2.45) is 0 Å². The van der Waals surface area contributed by atoms with Crippen LogP contribution in [0.15, 0.2) is 42.5 Å². The van der Waals surface area contributed by atoms with Crippen LogP contribution in [0, 0.1) is 11.6 Å². The number of ether oxygens (including phenoxy) is 2. The summed E-state index contributed by atoms with van der Waals surface area (Å²) in [5.41, 5.74) is 2.44. The average molecular weight is 606 g/mol. The first-order valence-electron chi connectivity index (χ1n) is 15.1. The van der Waals surface area contributed by atoms with Crippen molar-refractivity contribution in [3.8, 4) is 0 Å². The molecular formula is C32H45F2N3O6. The summed E-state index contributed by atoms with van der Waals surface area (Å²) >= 11 is 0. The normalized spacial score (nSPS) is 16.7. The van der Waals surface area contributed by atoms with Crippen LogP contribution in [0.3, 0.4) is 0 Å². The molecule has 0 saturated carbocycles. The number of aliphatic hydroxyl groups is 1. The molecule has 1 aliphatic heterocycles. The van der Waals surface area contributed by atoms with Gasteiger partial charge in [-0.2, -0.15) is 0 Å². The third kappa shape index (κ3) is 11.5. The molecule has 43 heavy (non-hydrogen) atoms. The van der Waals surface area contributed by atoms with Gasteiger partial charge in [-0.1, -0.05) is 44.5 Å². The van der Waals surface area contributed by atoms with Gasteiger partial charge in [0.15, 0.2) is 5.79 Å². The van der Waals surface area contributed by atoms with Gasteiger partial charge < -0.3 is 35.6 Å². The minimum absolute atomic E-state index is 0.0674.